The number of pyridine rings is 1. The lowest BCUT2D eigenvalue weighted by molar-refractivity contribution is 0.0944. The summed E-state index contributed by atoms with van der Waals surface area (Å²) in [6, 6.07) is 11.9. The first kappa shape index (κ1) is 21.3. The third kappa shape index (κ3) is 5.78. The van der Waals surface area contributed by atoms with Gasteiger partial charge in [0.05, 0.1) is 6.61 Å². The summed E-state index contributed by atoms with van der Waals surface area (Å²) in [5.74, 6) is 0.150. The van der Waals surface area contributed by atoms with Crippen LogP contribution in [0.15, 0.2) is 47.4 Å². The molecule has 0 bridgehead atoms. The molecule has 0 saturated carbocycles. The molecule has 0 radical (unpaired) electrons. The molecule has 29 heavy (non-hydrogen) atoms. The Bertz CT molecular complexity index is 863. The van der Waals surface area contributed by atoms with E-state index in [1.807, 2.05) is 43.3 Å². The molecule has 1 N–H and O–H groups in total. The number of methoxy groups -OCH3 is 1. The summed E-state index contributed by atoms with van der Waals surface area (Å²) in [5, 5.41) is 2.99. The van der Waals surface area contributed by atoms with E-state index >= 15 is 0 Å². The number of aromatic nitrogens is 1. The highest BCUT2D eigenvalue weighted by Crippen LogP contribution is 2.15. The molecule has 1 aliphatic rings. The van der Waals surface area contributed by atoms with Crippen molar-refractivity contribution in [3.63, 3.8) is 0 Å². The van der Waals surface area contributed by atoms with Crippen molar-refractivity contribution in [1.82, 2.24) is 14.8 Å². The molecule has 1 atom stereocenters. The lowest BCUT2D eigenvalue weighted by atomic mass is 10.1. The Morgan fingerprint density at radius 3 is 2.76 bits per heavy atom. The summed E-state index contributed by atoms with van der Waals surface area (Å²) in [7, 11) is 1.71. The third-order valence-corrected chi connectivity index (χ3v) is 5.62. The van der Waals surface area contributed by atoms with Gasteiger partial charge in [0.15, 0.2) is 0 Å². The Morgan fingerprint density at radius 1 is 1.21 bits per heavy atom. The van der Waals surface area contributed by atoms with Crippen LogP contribution in [0.2, 0.25) is 0 Å². The summed E-state index contributed by atoms with van der Waals surface area (Å²) in [6.07, 6.45) is 3.59. The summed E-state index contributed by atoms with van der Waals surface area (Å²) < 4.78 is 6.77. The summed E-state index contributed by atoms with van der Waals surface area (Å²) in [6.45, 7) is 6.61. The van der Waals surface area contributed by atoms with Crippen LogP contribution in [-0.2, 0) is 17.7 Å². The monoisotopic (exact) mass is 397 g/mol. The van der Waals surface area contributed by atoms with Gasteiger partial charge in [-0.2, -0.15) is 0 Å². The number of aryl methyl sites for hydroxylation is 3. The lowest BCUT2D eigenvalue weighted by Crippen LogP contribution is -2.37. The molecule has 1 fully saturated rings. The Morgan fingerprint density at radius 2 is 2.00 bits per heavy atom. The number of rotatable bonds is 9. The molecule has 1 saturated heterocycles. The maximum absolute atomic E-state index is 12.9. The van der Waals surface area contributed by atoms with Crippen LogP contribution in [0.5, 0.6) is 0 Å². The number of carbonyl (C=O) groups excluding carboxylic acids is 1. The molecule has 1 unspecified atom stereocenters. The molecule has 1 aromatic carbocycles. The van der Waals surface area contributed by atoms with Crippen LogP contribution in [0.3, 0.4) is 0 Å². The van der Waals surface area contributed by atoms with Gasteiger partial charge in [0, 0.05) is 39.5 Å². The second-order valence-electron chi connectivity index (χ2n) is 7.77. The number of benzene rings is 1. The van der Waals surface area contributed by atoms with Crippen LogP contribution in [0.1, 0.15) is 27.9 Å². The van der Waals surface area contributed by atoms with E-state index in [0.29, 0.717) is 19.0 Å². The molecule has 2 aromatic rings. The molecular formula is C23H31N3O3. The van der Waals surface area contributed by atoms with Crippen LogP contribution in [0.4, 0.5) is 0 Å². The first-order valence-electron chi connectivity index (χ1n) is 10.3. The van der Waals surface area contributed by atoms with Crippen LogP contribution >= 0.6 is 0 Å². The Hall–Kier alpha value is -2.44. The first-order chi connectivity index (χ1) is 14.1. The molecule has 1 aromatic heterocycles. The fraction of sp³-hybridized carbons (Fsp3) is 0.478. The number of nitrogens with zero attached hydrogens (tertiary/aromatic N) is 2. The van der Waals surface area contributed by atoms with Gasteiger partial charge in [-0.3, -0.25) is 9.59 Å². The molecule has 1 aliphatic heterocycles. The quantitative estimate of drug-likeness (QED) is 0.704. The first-order valence-corrected chi connectivity index (χ1v) is 10.3. The molecule has 1 amide bonds. The molecule has 6 nitrogen and oxygen atoms in total. The number of nitrogens with one attached hydrogen (secondary N) is 1. The molecule has 156 valence electrons. The average molecular weight is 398 g/mol. The average Bonchev–Trinajstić information content (AvgIpc) is 3.19. The zero-order valence-corrected chi connectivity index (χ0v) is 17.4. The van der Waals surface area contributed by atoms with E-state index in [1.54, 1.807) is 17.9 Å². The maximum atomic E-state index is 12.9. The van der Waals surface area contributed by atoms with E-state index in [-0.39, 0.29) is 17.0 Å². The van der Waals surface area contributed by atoms with Gasteiger partial charge in [-0.1, -0.05) is 30.3 Å². The predicted molar refractivity (Wildman–Crippen MR) is 114 cm³/mol. The van der Waals surface area contributed by atoms with Crippen LogP contribution in [0.25, 0.3) is 0 Å². The van der Waals surface area contributed by atoms with Crippen LogP contribution < -0.4 is 10.9 Å². The second kappa shape index (κ2) is 10.4. The fourth-order valence-electron chi connectivity index (χ4n) is 3.84. The van der Waals surface area contributed by atoms with E-state index in [0.717, 1.165) is 44.6 Å². The van der Waals surface area contributed by atoms with E-state index < -0.39 is 0 Å². The number of carbonyl (C=O) groups is 1. The largest absolute Gasteiger partial charge is 0.383 e. The number of hydrogen-bond acceptors (Lipinski definition) is 4. The fourth-order valence-corrected chi connectivity index (χ4v) is 3.84. The normalized spacial score (nSPS) is 16.8. The highest BCUT2D eigenvalue weighted by molar-refractivity contribution is 5.95. The lowest BCUT2D eigenvalue weighted by Gasteiger charge is -2.16. The standard InChI is InChI=1S/C23H31N3O3/c1-18-8-12-26(13-10-19-6-4-3-5-7-19)23(28)21(18)22(27)24-16-20-9-11-25(17-20)14-15-29-2/h3-8,12,20H,9-11,13-17H2,1-2H3,(H,24,27). The van der Waals surface area contributed by atoms with Crippen molar-refractivity contribution in [2.24, 2.45) is 5.92 Å². The highest BCUT2D eigenvalue weighted by atomic mass is 16.5. The molecule has 0 aliphatic carbocycles. The summed E-state index contributed by atoms with van der Waals surface area (Å²) >= 11 is 0. The number of amides is 1. The van der Waals surface area contributed by atoms with Gasteiger partial charge in [0.2, 0.25) is 0 Å². The van der Waals surface area contributed by atoms with Crippen molar-refractivity contribution in [2.75, 3.05) is 39.9 Å². The molecule has 3 rings (SSSR count). The predicted octanol–water partition coefficient (Wildman–Crippen LogP) is 2.10. The minimum absolute atomic E-state index is 0.216. The van der Waals surface area contributed by atoms with Crippen molar-refractivity contribution in [3.05, 3.63) is 69.6 Å². The number of likely N-dealkylation sites (tertiary alicyclic amines) is 1. The number of hydrogen-bond donors (Lipinski definition) is 1. The SMILES string of the molecule is COCCN1CCC(CNC(=O)c2c(C)ccn(CCc3ccccc3)c2=O)C1. The van der Waals surface area contributed by atoms with Crippen molar-refractivity contribution in [3.8, 4) is 0 Å². The molecule has 6 heteroatoms. The van der Waals surface area contributed by atoms with Gasteiger partial charge >= 0.3 is 0 Å². The zero-order chi connectivity index (χ0) is 20.6. The third-order valence-electron chi connectivity index (χ3n) is 5.62. The molecule has 2 heterocycles. The van der Waals surface area contributed by atoms with Gasteiger partial charge in [-0.05, 0) is 49.4 Å². The van der Waals surface area contributed by atoms with Gasteiger partial charge in [-0.15, -0.1) is 0 Å². The van der Waals surface area contributed by atoms with E-state index in [4.69, 9.17) is 4.74 Å². The van der Waals surface area contributed by atoms with Crippen LogP contribution in [-0.4, -0.2) is 55.3 Å². The van der Waals surface area contributed by atoms with Crippen molar-refractivity contribution >= 4 is 5.91 Å². The zero-order valence-electron chi connectivity index (χ0n) is 17.4. The molecular weight excluding hydrogens is 366 g/mol. The molecule has 0 spiro atoms. The topological polar surface area (TPSA) is 63.6 Å². The van der Waals surface area contributed by atoms with Gasteiger partial charge in [0.25, 0.3) is 11.5 Å². The van der Waals surface area contributed by atoms with Gasteiger partial charge in [-0.25, -0.2) is 0 Å². The Kier molecular flexibility index (Phi) is 7.61. The minimum atomic E-state index is -0.267. The van der Waals surface area contributed by atoms with E-state index in [9.17, 15) is 9.59 Å². The Labute approximate surface area is 172 Å². The maximum Gasteiger partial charge on any atom is 0.263 e. The van der Waals surface area contributed by atoms with Crippen molar-refractivity contribution < 1.29 is 9.53 Å². The van der Waals surface area contributed by atoms with Crippen molar-refractivity contribution in [2.45, 2.75) is 26.3 Å². The Balaban J connectivity index is 1.59. The van der Waals surface area contributed by atoms with E-state index in [1.165, 1.54) is 5.56 Å². The summed E-state index contributed by atoms with van der Waals surface area (Å²) in [5.41, 5.74) is 1.93. The summed E-state index contributed by atoms with van der Waals surface area (Å²) in [4.78, 5) is 28.0. The van der Waals surface area contributed by atoms with E-state index in [2.05, 4.69) is 10.2 Å². The highest BCUT2D eigenvalue weighted by Gasteiger charge is 2.23. The smallest absolute Gasteiger partial charge is 0.263 e. The van der Waals surface area contributed by atoms with Crippen LogP contribution in [0, 0.1) is 12.8 Å². The van der Waals surface area contributed by atoms with Crippen molar-refractivity contribution in [1.29, 1.82) is 0 Å². The number of ether oxygens (including phenoxy) is 1. The van der Waals surface area contributed by atoms with Gasteiger partial charge in [0.1, 0.15) is 5.56 Å². The van der Waals surface area contributed by atoms with Gasteiger partial charge < -0.3 is 19.5 Å². The minimum Gasteiger partial charge on any atom is -0.383 e. The second-order valence-corrected chi connectivity index (χ2v) is 7.77.